The van der Waals surface area contributed by atoms with Crippen molar-refractivity contribution in [3.8, 4) is 0 Å². The Kier molecular flexibility index (Phi) is 6.21. The van der Waals surface area contributed by atoms with Crippen LogP contribution in [-0.2, 0) is 9.53 Å². The van der Waals surface area contributed by atoms with Crippen LogP contribution in [0.2, 0.25) is 0 Å². The Labute approximate surface area is 153 Å². The molecule has 0 unspecified atom stereocenters. The van der Waals surface area contributed by atoms with E-state index in [1.165, 1.54) is 30.3 Å². The van der Waals surface area contributed by atoms with Gasteiger partial charge >= 0.3 is 0 Å². The van der Waals surface area contributed by atoms with Gasteiger partial charge in [-0.15, -0.1) is 0 Å². The lowest BCUT2D eigenvalue weighted by atomic mass is 10.2. The zero-order chi connectivity index (χ0) is 20.0. The quantitative estimate of drug-likeness (QED) is 0.406. The largest absolute Gasteiger partial charge is 0.480 e. The number of methoxy groups -OCH3 is 1. The van der Waals surface area contributed by atoms with Gasteiger partial charge in [0.15, 0.2) is 0 Å². The molecule has 0 bridgehead atoms. The second-order valence-corrected chi connectivity index (χ2v) is 5.20. The smallest absolute Gasteiger partial charge is 0.268 e. The number of hydrogen-bond acceptors (Lipinski definition) is 5. The predicted molar refractivity (Wildman–Crippen MR) is 95.8 cm³/mol. The molecule has 0 saturated carbocycles. The van der Waals surface area contributed by atoms with Crippen molar-refractivity contribution in [2.45, 2.75) is 0 Å². The molecule has 2 amide bonds. The number of rotatable bonds is 6. The number of hydrogen-bond donors (Lipinski definition) is 3. The number of benzene rings is 2. The third-order valence-electron chi connectivity index (χ3n) is 3.39. The Morgan fingerprint density at radius 1 is 1.07 bits per heavy atom. The van der Waals surface area contributed by atoms with Crippen LogP contribution in [0, 0.1) is 11.6 Å². The van der Waals surface area contributed by atoms with Crippen LogP contribution in [0.5, 0.6) is 0 Å². The SMILES string of the molecule is CO/C(=N\C(=C\Nc1ccc(C(N)=O)cc1)C(N)=O)c1c(F)cccc1F. The van der Waals surface area contributed by atoms with Crippen LogP contribution >= 0.6 is 0 Å². The molecular formula is C18H16F2N4O3. The minimum absolute atomic E-state index is 0.300. The van der Waals surface area contributed by atoms with Crippen LogP contribution in [0.15, 0.2) is 59.4 Å². The number of halogens is 2. The number of primary amides is 2. The highest BCUT2D eigenvalue weighted by molar-refractivity contribution is 6.00. The van der Waals surface area contributed by atoms with Crippen molar-refractivity contribution < 1.29 is 23.1 Å². The summed E-state index contributed by atoms with van der Waals surface area (Å²) in [7, 11) is 1.15. The maximum atomic E-state index is 13.9. The minimum Gasteiger partial charge on any atom is -0.480 e. The number of nitrogens with zero attached hydrogens (tertiary/aromatic N) is 1. The van der Waals surface area contributed by atoms with Gasteiger partial charge in [-0.3, -0.25) is 9.59 Å². The Hall–Kier alpha value is -3.75. The highest BCUT2D eigenvalue weighted by Crippen LogP contribution is 2.16. The highest BCUT2D eigenvalue weighted by Gasteiger charge is 2.17. The summed E-state index contributed by atoms with van der Waals surface area (Å²) in [6.07, 6.45) is 1.14. The monoisotopic (exact) mass is 374 g/mol. The van der Waals surface area contributed by atoms with E-state index in [0.29, 0.717) is 11.3 Å². The van der Waals surface area contributed by atoms with Crippen molar-refractivity contribution >= 4 is 23.4 Å². The second kappa shape index (κ2) is 8.56. The van der Waals surface area contributed by atoms with Crippen molar-refractivity contribution in [1.82, 2.24) is 0 Å². The van der Waals surface area contributed by atoms with E-state index in [2.05, 4.69) is 10.3 Å². The lowest BCUT2D eigenvalue weighted by Gasteiger charge is -2.08. The molecule has 0 atom stereocenters. The van der Waals surface area contributed by atoms with Crippen LogP contribution in [-0.4, -0.2) is 24.8 Å². The first kappa shape index (κ1) is 19.6. The molecule has 140 valence electrons. The van der Waals surface area contributed by atoms with Gasteiger partial charge in [-0.25, -0.2) is 13.8 Å². The fraction of sp³-hybridized carbons (Fsp3) is 0.0556. The Morgan fingerprint density at radius 3 is 2.15 bits per heavy atom. The standard InChI is InChI=1S/C18H16F2N4O3/c1-27-18(15-12(19)3-2-4-13(15)20)24-14(17(22)26)9-23-11-7-5-10(6-8-11)16(21)25/h2-9,23H,1H3,(H2,21,25)(H2,22,26)/b14-9+,24-18-. The Balaban J connectivity index is 2.35. The van der Waals surface area contributed by atoms with Gasteiger partial charge in [0.25, 0.3) is 5.91 Å². The van der Waals surface area contributed by atoms with E-state index in [4.69, 9.17) is 16.2 Å². The van der Waals surface area contributed by atoms with Gasteiger partial charge in [0, 0.05) is 17.5 Å². The average molecular weight is 374 g/mol. The van der Waals surface area contributed by atoms with Gasteiger partial charge in [0.1, 0.15) is 22.9 Å². The third-order valence-corrected chi connectivity index (χ3v) is 3.39. The third kappa shape index (κ3) is 4.88. The number of ether oxygens (including phenoxy) is 1. The van der Waals surface area contributed by atoms with E-state index >= 15 is 0 Å². The zero-order valence-electron chi connectivity index (χ0n) is 14.2. The van der Waals surface area contributed by atoms with Crippen molar-refractivity contribution in [2.24, 2.45) is 16.5 Å². The Morgan fingerprint density at radius 2 is 1.67 bits per heavy atom. The van der Waals surface area contributed by atoms with Crippen molar-refractivity contribution in [2.75, 3.05) is 12.4 Å². The van der Waals surface area contributed by atoms with Gasteiger partial charge in [-0.2, -0.15) is 0 Å². The molecule has 0 heterocycles. The van der Waals surface area contributed by atoms with Gasteiger partial charge in [-0.05, 0) is 36.4 Å². The van der Waals surface area contributed by atoms with Gasteiger partial charge in [0.05, 0.1) is 7.11 Å². The van der Waals surface area contributed by atoms with E-state index in [0.717, 1.165) is 25.4 Å². The number of amides is 2. The molecule has 0 aliphatic heterocycles. The van der Waals surface area contributed by atoms with Crippen molar-refractivity contribution in [1.29, 1.82) is 0 Å². The second-order valence-electron chi connectivity index (χ2n) is 5.20. The molecule has 9 heteroatoms. The van der Waals surface area contributed by atoms with E-state index in [-0.39, 0.29) is 5.70 Å². The molecule has 0 spiro atoms. The summed E-state index contributed by atoms with van der Waals surface area (Å²) in [5.41, 5.74) is 10.3. The van der Waals surface area contributed by atoms with Gasteiger partial charge < -0.3 is 21.5 Å². The molecule has 27 heavy (non-hydrogen) atoms. The number of nitrogens with one attached hydrogen (secondary N) is 1. The minimum atomic E-state index is -0.956. The molecule has 0 radical (unpaired) electrons. The molecule has 0 aromatic heterocycles. The van der Waals surface area contributed by atoms with E-state index in [1.807, 2.05) is 0 Å². The van der Waals surface area contributed by atoms with Crippen molar-refractivity contribution in [3.63, 3.8) is 0 Å². The fourth-order valence-corrected chi connectivity index (χ4v) is 2.06. The molecule has 0 aliphatic carbocycles. The van der Waals surface area contributed by atoms with E-state index in [9.17, 15) is 18.4 Å². The van der Waals surface area contributed by atoms with Gasteiger partial charge in [-0.1, -0.05) is 6.07 Å². The van der Waals surface area contributed by atoms with Crippen LogP contribution in [0.4, 0.5) is 14.5 Å². The molecule has 0 saturated heterocycles. The lowest BCUT2D eigenvalue weighted by Crippen LogP contribution is -2.17. The first-order valence-electron chi connectivity index (χ1n) is 7.57. The summed E-state index contributed by atoms with van der Waals surface area (Å²) in [6, 6.07) is 9.25. The first-order valence-corrected chi connectivity index (χ1v) is 7.57. The maximum Gasteiger partial charge on any atom is 0.268 e. The molecular weight excluding hydrogens is 358 g/mol. The lowest BCUT2D eigenvalue weighted by molar-refractivity contribution is -0.114. The van der Waals surface area contributed by atoms with Gasteiger partial charge in [0.2, 0.25) is 11.8 Å². The fourth-order valence-electron chi connectivity index (χ4n) is 2.06. The van der Waals surface area contributed by atoms with Crippen molar-refractivity contribution in [3.05, 3.63) is 77.1 Å². The molecule has 2 rings (SSSR count). The molecule has 2 aromatic rings. The predicted octanol–water partition coefficient (Wildman–Crippen LogP) is 1.90. The number of anilines is 1. The number of carbonyl (C=O) groups is 2. The first-order chi connectivity index (χ1) is 12.8. The summed E-state index contributed by atoms with van der Waals surface area (Å²) in [6.45, 7) is 0. The van der Waals surface area contributed by atoms with E-state index < -0.39 is 34.9 Å². The summed E-state index contributed by atoms with van der Waals surface area (Å²) in [5, 5.41) is 2.74. The van der Waals surface area contributed by atoms with Crippen LogP contribution in [0.3, 0.4) is 0 Å². The molecule has 7 nitrogen and oxygen atoms in total. The average Bonchev–Trinajstić information content (AvgIpc) is 2.63. The topological polar surface area (TPSA) is 120 Å². The van der Waals surface area contributed by atoms with Crippen LogP contribution < -0.4 is 16.8 Å². The number of nitrogens with two attached hydrogens (primary N) is 2. The highest BCUT2D eigenvalue weighted by atomic mass is 19.1. The Bertz CT molecular complexity index is 904. The maximum absolute atomic E-state index is 13.9. The van der Waals surface area contributed by atoms with Crippen LogP contribution in [0.25, 0.3) is 0 Å². The zero-order valence-corrected chi connectivity index (χ0v) is 14.2. The summed E-state index contributed by atoms with van der Waals surface area (Å²) >= 11 is 0. The number of aliphatic imine (C=N–C) groups is 1. The summed E-state index contributed by atoms with van der Waals surface area (Å²) < 4.78 is 32.7. The molecule has 0 aliphatic rings. The number of carbonyl (C=O) groups excluding carboxylic acids is 2. The van der Waals surface area contributed by atoms with Crippen LogP contribution in [0.1, 0.15) is 15.9 Å². The normalized spacial score (nSPS) is 11.8. The molecule has 2 aromatic carbocycles. The summed E-state index contributed by atoms with van der Waals surface area (Å²) in [4.78, 5) is 26.5. The molecule has 5 N–H and O–H groups in total. The molecule has 0 fully saturated rings. The van der Waals surface area contributed by atoms with E-state index in [1.54, 1.807) is 0 Å². The summed E-state index contributed by atoms with van der Waals surface area (Å²) in [5.74, 6) is -3.82.